The Labute approximate surface area is 60.2 Å². The van der Waals surface area contributed by atoms with E-state index in [1.54, 1.807) is 0 Å². The van der Waals surface area contributed by atoms with Crippen molar-refractivity contribution in [3.05, 3.63) is 0 Å². The van der Waals surface area contributed by atoms with E-state index in [-0.39, 0.29) is 0 Å². The number of nitrogens with two attached hydrogens (primary N) is 1. The van der Waals surface area contributed by atoms with Gasteiger partial charge in [-0.1, -0.05) is 11.6 Å². The summed E-state index contributed by atoms with van der Waals surface area (Å²) in [7, 11) is 0. The van der Waals surface area contributed by atoms with Gasteiger partial charge in [-0.15, -0.1) is 5.10 Å². The standard InChI is InChI=1S/C6H12N4/c7-9-10-8-6-4-2-1-3-5-6/h1-5H2,(H2,7,10). The Bertz CT molecular complexity index is 142. The van der Waals surface area contributed by atoms with Crippen LogP contribution in [-0.4, -0.2) is 5.71 Å². The zero-order valence-electron chi connectivity index (χ0n) is 5.95. The smallest absolute Gasteiger partial charge is 0.0424 e. The molecule has 10 heavy (non-hydrogen) atoms. The highest BCUT2D eigenvalue weighted by molar-refractivity contribution is 5.84. The van der Waals surface area contributed by atoms with Crippen LogP contribution in [0.5, 0.6) is 0 Å². The number of rotatable bonds is 1. The van der Waals surface area contributed by atoms with Crippen LogP contribution in [0.2, 0.25) is 0 Å². The lowest BCUT2D eigenvalue weighted by Gasteiger charge is -2.09. The summed E-state index contributed by atoms with van der Waals surface area (Å²) in [4.78, 5) is 0. The van der Waals surface area contributed by atoms with E-state index in [0.717, 1.165) is 18.6 Å². The minimum Gasteiger partial charge on any atom is -0.303 e. The van der Waals surface area contributed by atoms with Crippen molar-refractivity contribution in [2.45, 2.75) is 32.1 Å². The molecule has 0 unspecified atom stereocenters. The highest BCUT2D eigenvalue weighted by Gasteiger charge is 2.05. The summed E-state index contributed by atoms with van der Waals surface area (Å²) in [6, 6.07) is 0. The van der Waals surface area contributed by atoms with E-state index in [2.05, 4.69) is 15.5 Å². The average Bonchev–Trinajstić information content (AvgIpc) is 2.03. The van der Waals surface area contributed by atoms with Crippen molar-refractivity contribution in [2.75, 3.05) is 0 Å². The summed E-state index contributed by atoms with van der Waals surface area (Å²) in [6.45, 7) is 0. The summed E-state index contributed by atoms with van der Waals surface area (Å²) in [5, 5.41) is 10.3. The third-order valence-electron chi connectivity index (χ3n) is 1.67. The van der Waals surface area contributed by atoms with Gasteiger partial charge in [0, 0.05) is 5.71 Å². The van der Waals surface area contributed by atoms with Crippen LogP contribution < -0.4 is 5.84 Å². The molecular formula is C6H12N4. The Balaban J connectivity index is 2.37. The topological polar surface area (TPSA) is 63.1 Å². The van der Waals surface area contributed by atoms with Crippen LogP contribution in [0.3, 0.4) is 0 Å². The van der Waals surface area contributed by atoms with Crippen LogP contribution in [0, 0.1) is 0 Å². The summed E-state index contributed by atoms with van der Waals surface area (Å²) >= 11 is 0. The van der Waals surface area contributed by atoms with Crippen LogP contribution in [-0.2, 0) is 0 Å². The van der Waals surface area contributed by atoms with E-state index in [9.17, 15) is 0 Å². The summed E-state index contributed by atoms with van der Waals surface area (Å²) < 4.78 is 0. The highest BCUT2D eigenvalue weighted by Crippen LogP contribution is 2.14. The Morgan fingerprint density at radius 3 is 2.40 bits per heavy atom. The molecule has 0 bridgehead atoms. The molecule has 4 heteroatoms. The minimum absolute atomic E-state index is 1.07. The third-order valence-corrected chi connectivity index (χ3v) is 1.67. The summed E-state index contributed by atoms with van der Waals surface area (Å²) in [5.41, 5.74) is 1.14. The van der Waals surface area contributed by atoms with Gasteiger partial charge in [-0.3, -0.25) is 0 Å². The Morgan fingerprint density at radius 2 is 1.80 bits per heavy atom. The normalized spacial score (nSPS) is 19.8. The lowest BCUT2D eigenvalue weighted by atomic mass is 9.99. The van der Waals surface area contributed by atoms with Crippen LogP contribution in [0.1, 0.15) is 32.1 Å². The second kappa shape index (κ2) is 3.98. The fraction of sp³-hybridized carbons (Fsp3) is 0.833. The molecule has 56 valence electrons. The maximum absolute atomic E-state index is 4.80. The monoisotopic (exact) mass is 140 g/mol. The van der Waals surface area contributed by atoms with E-state index in [0.29, 0.717) is 0 Å². The first-order valence-electron chi connectivity index (χ1n) is 3.59. The second-order valence-electron chi connectivity index (χ2n) is 2.43. The van der Waals surface area contributed by atoms with Crippen LogP contribution in [0.25, 0.3) is 0 Å². The van der Waals surface area contributed by atoms with E-state index < -0.39 is 0 Å². The number of nitrogens with zero attached hydrogens (tertiary/aromatic N) is 3. The molecule has 0 atom stereocenters. The van der Waals surface area contributed by atoms with E-state index >= 15 is 0 Å². The van der Waals surface area contributed by atoms with E-state index in [1.807, 2.05) is 0 Å². The fourth-order valence-electron chi connectivity index (χ4n) is 1.15. The average molecular weight is 140 g/mol. The van der Waals surface area contributed by atoms with Gasteiger partial charge in [-0.2, -0.15) is 0 Å². The van der Waals surface area contributed by atoms with E-state index in [4.69, 9.17) is 5.84 Å². The van der Waals surface area contributed by atoms with Crippen LogP contribution in [0.4, 0.5) is 0 Å². The quantitative estimate of drug-likeness (QED) is 0.336. The van der Waals surface area contributed by atoms with Gasteiger partial charge in [-0.05, 0) is 30.9 Å². The maximum atomic E-state index is 4.80. The van der Waals surface area contributed by atoms with Gasteiger partial charge in [0.1, 0.15) is 0 Å². The molecule has 2 N–H and O–H groups in total. The first-order chi connectivity index (χ1) is 4.93. The largest absolute Gasteiger partial charge is 0.303 e. The van der Waals surface area contributed by atoms with Crippen molar-refractivity contribution < 1.29 is 0 Å². The molecule has 0 saturated heterocycles. The molecule has 0 heterocycles. The summed E-state index contributed by atoms with van der Waals surface area (Å²) in [6.07, 6.45) is 5.93. The second-order valence-corrected chi connectivity index (χ2v) is 2.43. The van der Waals surface area contributed by atoms with Gasteiger partial charge < -0.3 is 5.84 Å². The van der Waals surface area contributed by atoms with Crippen molar-refractivity contribution in [2.24, 2.45) is 21.4 Å². The molecule has 1 aliphatic rings. The molecule has 1 rings (SSSR count). The predicted molar refractivity (Wildman–Crippen MR) is 39.6 cm³/mol. The van der Waals surface area contributed by atoms with Crippen LogP contribution in [0.15, 0.2) is 15.5 Å². The van der Waals surface area contributed by atoms with Gasteiger partial charge in [0.15, 0.2) is 0 Å². The third kappa shape index (κ3) is 2.13. The minimum atomic E-state index is 1.07. The van der Waals surface area contributed by atoms with Crippen LogP contribution >= 0.6 is 0 Å². The zero-order valence-corrected chi connectivity index (χ0v) is 5.95. The molecular weight excluding hydrogens is 128 g/mol. The Morgan fingerprint density at radius 1 is 1.10 bits per heavy atom. The molecule has 0 spiro atoms. The SMILES string of the molecule is NN=NN=C1CCCCC1. The lowest BCUT2D eigenvalue weighted by molar-refractivity contribution is 0.662. The van der Waals surface area contributed by atoms with Crippen molar-refractivity contribution in [1.29, 1.82) is 0 Å². The first-order valence-corrected chi connectivity index (χ1v) is 3.59. The maximum Gasteiger partial charge on any atom is 0.0424 e. The number of hydrogen-bond acceptors (Lipinski definition) is 2. The number of hydrogen-bond donors (Lipinski definition) is 1. The predicted octanol–water partition coefficient (Wildman–Crippen LogP) is 1.63. The first kappa shape index (κ1) is 7.18. The fourth-order valence-corrected chi connectivity index (χ4v) is 1.15. The molecule has 0 aliphatic heterocycles. The zero-order chi connectivity index (χ0) is 7.23. The summed E-state index contributed by atoms with van der Waals surface area (Å²) in [5.74, 6) is 4.80. The molecule has 1 fully saturated rings. The molecule has 0 aromatic carbocycles. The molecule has 0 radical (unpaired) electrons. The van der Waals surface area contributed by atoms with Gasteiger partial charge in [0.25, 0.3) is 0 Å². The molecule has 1 aliphatic carbocycles. The Kier molecular flexibility index (Phi) is 2.86. The van der Waals surface area contributed by atoms with Gasteiger partial charge in [0.05, 0.1) is 0 Å². The molecule has 1 saturated carbocycles. The molecule has 0 aromatic heterocycles. The van der Waals surface area contributed by atoms with Gasteiger partial charge >= 0.3 is 0 Å². The lowest BCUT2D eigenvalue weighted by Crippen LogP contribution is -2.03. The van der Waals surface area contributed by atoms with Crippen molar-refractivity contribution >= 4 is 5.71 Å². The van der Waals surface area contributed by atoms with Crippen molar-refractivity contribution in [3.8, 4) is 0 Å². The molecule has 0 amide bonds. The van der Waals surface area contributed by atoms with Gasteiger partial charge in [0.2, 0.25) is 0 Å². The molecule has 4 nitrogen and oxygen atoms in total. The van der Waals surface area contributed by atoms with Crippen molar-refractivity contribution in [1.82, 2.24) is 0 Å². The van der Waals surface area contributed by atoms with E-state index in [1.165, 1.54) is 19.3 Å². The van der Waals surface area contributed by atoms with Gasteiger partial charge in [-0.25, -0.2) is 0 Å². The highest BCUT2D eigenvalue weighted by atomic mass is 15.5. The Hall–Kier alpha value is -0.930. The molecule has 0 aromatic rings. The van der Waals surface area contributed by atoms with Crippen molar-refractivity contribution in [3.63, 3.8) is 0 Å².